The fourth-order valence-corrected chi connectivity index (χ4v) is 2.86. The Kier molecular flexibility index (Phi) is 4.90. The highest BCUT2D eigenvalue weighted by atomic mass is 28.4. The van der Waals surface area contributed by atoms with Gasteiger partial charge in [0.15, 0.2) is 14.1 Å². The Labute approximate surface area is 119 Å². The molecule has 1 saturated heterocycles. The first kappa shape index (κ1) is 16.7. The molecule has 1 fully saturated rings. The average molecular weight is 284 g/mol. The molecule has 0 radical (unpaired) electrons. The van der Waals surface area contributed by atoms with Gasteiger partial charge in [-0.05, 0) is 32.0 Å². The van der Waals surface area contributed by atoms with E-state index < -0.39 is 14.1 Å². The lowest BCUT2D eigenvalue weighted by molar-refractivity contribution is -0.148. The highest BCUT2D eigenvalue weighted by Crippen LogP contribution is 2.38. The third-order valence-electron chi connectivity index (χ3n) is 4.02. The zero-order chi connectivity index (χ0) is 14.9. The van der Waals surface area contributed by atoms with Crippen molar-refractivity contribution in [1.29, 1.82) is 0 Å². The predicted molar refractivity (Wildman–Crippen MR) is 80.4 cm³/mol. The lowest BCUT2D eigenvalue weighted by Gasteiger charge is -2.37. The second kappa shape index (κ2) is 5.57. The molecule has 0 bridgehead atoms. The van der Waals surface area contributed by atoms with E-state index in [-0.39, 0.29) is 17.2 Å². The second-order valence-corrected chi connectivity index (χ2v) is 12.0. The zero-order valence-corrected chi connectivity index (χ0v) is 14.4. The molecule has 1 aliphatic rings. The molecule has 19 heavy (non-hydrogen) atoms. The van der Waals surface area contributed by atoms with Gasteiger partial charge in [-0.25, -0.2) is 0 Å². The molecule has 1 rings (SSSR count). The van der Waals surface area contributed by atoms with Crippen LogP contribution in [-0.2, 0) is 13.9 Å². The van der Waals surface area contributed by atoms with Crippen LogP contribution in [0.1, 0.15) is 41.0 Å². The van der Waals surface area contributed by atoms with Crippen molar-refractivity contribution < 1.29 is 13.9 Å². The Morgan fingerprint density at radius 3 is 2.21 bits per heavy atom. The van der Waals surface area contributed by atoms with Crippen LogP contribution in [0.25, 0.3) is 0 Å². The predicted octanol–water partition coefficient (Wildman–Crippen LogP) is 3.55. The highest BCUT2D eigenvalue weighted by Gasteiger charge is 2.43. The molecular weight excluding hydrogens is 256 g/mol. The summed E-state index contributed by atoms with van der Waals surface area (Å²) < 4.78 is 17.9. The highest BCUT2D eigenvalue weighted by molar-refractivity contribution is 6.74. The van der Waals surface area contributed by atoms with Crippen LogP contribution < -0.4 is 0 Å². The molecule has 0 spiro atoms. The van der Waals surface area contributed by atoms with E-state index in [4.69, 9.17) is 20.3 Å². The van der Waals surface area contributed by atoms with Crippen molar-refractivity contribution in [2.75, 3.05) is 6.61 Å². The summed E-state index contributed by atoms with van der Waals surface area (Å²) in [5.74, 6) is 2.09. The van der Waals surface area contributed by atoms with Crippen molar-refractivity contribution in [2.24, 2.45) is 0 Å². The van der Waals surface area contributed by atoms with E-state index in [0.29, 0.717) is 13.0 Å². The minimum absolute atomic E-state index is 0.0650. The lowest BCUT2D eigenvalue weighted by atomic mass is 10.1. The topological polar surface area (TPSA) is 27.7 Å². The monoisotopic (exact) mass is 284 g/mol. The molecule has 0 aromatic carbocycles. The summed E-state index contributed by atoms with van der Waals surface area (Å²) in [6.45, 7) is 15.6. The summed E-state index contributed by atoms with van der Waals surface area (Å²) in [5, 5.41) is 0.198. The lowest BCUT2D eigenvalue weighted by Crippen LogP contribution is -2.44. The van der Waals surface area contributed by atoms with E-state index >= 15 is 0 Å². The maximum absolute atomic E-state index is 6.21. The van der Waals surface area contributed by atoms with Crippen LogP contribution in [0.2, 0.25) is 18.1 Å². The first-order chi connectivity index (χ1) is 8.48. The van der Waals surface area contributed by atoms with E-state index in [9.17, 15) is 0 Å². The molecule has 0 amide bonds. The van der Waals surface area contributed by atoms with Crippen molar-refractivity contribution in [1.82, 2.24) is 0 Å². The van der Waals surface area contributed by atoms with E-state index in [1.807, 2.05) is 13.8 Å². The fraction of sp³-hybridized carbons (Fsp3) is 0.867. The Morgan fingerprint density at radius 1 is 1.21 bits per heavy atom. The van der Waals surface area contributed by atoms with Crippen LogP contribution in [-0.4, -0.2) is 32.9 Å². The number of rotatable bonds is 4. The summed E-state index contributed by atoms with van der Waals surface area (Å²) in [7, 11) is -1.76. The molecule has 3 nitrogen and oxygen atoms in total. The van der Waals surface area contributed by atoms with Gasteiger partial charge in [0, 0.05) is 6.42 Å². The molecule has 0 aliphatic carbocycles. The van der Waals surface area contributed by atoms with Crippen LogP contribution in [0.5, 0.6) is 0 Å². The third kappa shape index (κ3) is 4.32. The Balaban J connectivity index is 2.64. The molecular formula is C15H28O3Si. The van der Waals surface area contributed by atoms with Crippen molar-refractivity contribution in [3.63, 3.8) is 0 Å². The molecule has 1 heterocycles. The molecule has 1 aliphatic heterocycles. The quantitative estimate of drug-likeness (QED) is 0.583. The summed E-state index contributed by atoms with van der Waals surface area (Å²) in [6, 6.07) is 0. The third-order valence-corrected chi connectivity index (χ3v) is 8.52. The van der Waals surface area contributed by atoms with E-state index in [0.717, 1.165) is 0 Å². The Morgan fingerprint density at radius 2 is 1.74 bits per heavy atom. The SMILES string of the molecule is C#CC[C@@H]1OC(C)(C)O[C@@H]1CO[Si](C)(C)C(C)(C)C. The van der Waals surface area contributed by atoms with Gasteiger partial charge in [0.25, 0.3) is 0 Å². The standard InChI is InChI=1S/C15H28O3Si/c1-9-10-12-13(18-15(5,6)17-12)11-16-19(7,8)14(2,3)4/h1,12-13H,10-11H2,2-8H3/t12-,13+/m0/s1. The van der Waals surface area contributed by atoms with Crippen LogP contribution in [0.4, 0.5) is 0 Å². The molecule has 110 valence electrons. The summed E-state index contributed by atoms with van der Waals surface area (Å²) in [6.07, 6.45) is 5.82. The Hall–Kier alpha value is -0.343. The number of ether oxygens (including phenoxy) is 2. The number of hydrogen-bond acceptors (Lipinski definition) is 3. The van der Waals surface area contributed by atoms with Gasteiger partial charge >= 0.3 is 0 Å². The molecule has 4 heteroatoms. The van der Waals surface area contributed by atoms with Crippen molar-refractivity contribution >= 4 is 8.32 Å². The first-order valence-electron chi connectivity index (χ1n) is 6.91. The second-order valence-electron chi connectivity index (χ2n) is 7.19. The minimum Gasteiger partial charge on any atom is -0.414 e. The van der Waals surface area contributed by atoms with E-state index in [1.165, 1.54) is 0 Å². The van der Waals surface area contributed by atoms with Gasteiger partial charge in [0.05, 0.1) is 6.61 Å². The van der Waals surface area contributed by atoms with Crippen LogP contribution in [0, 0.1) is 12.3 Å². The zero-order valence-electron chi connectivity index (χ0n) is 13.4. The summed E-state index contributed by atoms with van der Waals surface area (Å²) >= 11 is 0. The van der Waals surface area contributed by atoms with Crippen molar-refractivity contribution in [3.05, 3.63) is 0 Å². The smallest absolute Gasteiger partial charge is 0.192 e. The number of terminal acetylenes is 1. The van der Waals surface area contributed by atoms with Gasteiger partial charge in [0.1, 0.15) is 12.2 Å². The molecule has 0 aromatic heterocycles. The minimum atomic E-state index is -1.76. The van der Waals surface area contributed by atoms with Crippen LogP contribution in [0.15, 0.2) is 0 Å². The maximum atomic E-state index is 6.21. The molecule has 0 saturated carbocycles. The molecule has 0 N–H and O–H groups in total. The first-order valence-corrected chi connectivity index (χ1v) is 9.82. The molecule has 2 atom stereocenters. The Bertz CT molecular complexity index is 349. The normalized spacial score (nSPS) is 27.3. The van der Waals surface area contributed by atoms with Gasteiger partial charge in [-0.1, -0.05) is 20.8 Å². The van der Waals surface area contributed by atoms with Gasteiger partial charge in [0.2, 0.25) is 0 Å². The number of hydrogen-bond donors (Lipinski definition) is 0. The van der Waals surface area contributed by atoms with Gasteiger partial charge in [-0.3, -0.25) is 0 Å². The fourth-order valence-electron chi connectivity index (χ4n) is 1.85. The molecule has 0 unspecified atom stereocenters. The average Bonchev–Trinajstić information content (AvgIpc) is 2.49. The van der Waals surface area contributed by atoms with Gasteiger partial charge in [-0.15, -0.1) is 12.3 Å². The summed E-state index contributed by atoms with van der Waals surface area (Å²) in [5.41, 5.74) is 0. The molecule has 0 aromatic rings. The van der Waals surface area contributed by atoms with Gasteiger partial charge < -0.3 is 13.9 Å². The van der Waals surface area contributed by atoms with Crippen LogP contribution in [0.3, 0.4) is 0 Å². The summed E-state index contributed by atoms with van der Waals surface area (Å²) in [4.78, 5) is 0. The van der Waals surface area contributed by atoms with Gasteiger partial charge in [-0.2, -0.15) is 0 Å². The van der Waals surface area contributed by atoms with E-state index in [1.54, 1.807) is 0 Å². The van der Waals surface area contributed by atoms with Crippen molar-refractivity contribution in [3.8, 4) is 12.3 Å². The van der Waals surface area contributed by atoms with Crippen LogP contribution >= 0.6 is 0 Å². The van der Waals surface area contributed by atoms with Crippen molar-refractivity contribution in [2.45, 2.75) is 77.2 Å². The van der Waals surface area contributed by atoms with E-state index in [2.05, 4.69) is 39.8 Å². The largest absolute Gasteiger partial charge is 0.414 e. The maximum Gasteiger partial charge on any atom is 0.192 e.